The molecule has 170 valence electrons. The average Bonchev–Trinajstić information content (AvgIpc) is 3.30. The van der Waals surface area contributed by atoms with Gasteiger partial charge in [-0.1, -0.05) is 30.3 Å². The summed E-state index contributed by atoms with van der Waals surface area (Å²) in [5.74, 6) is 0.127. The highest BCUT2D eigenvalue weighted by Gasteiger charge is 2.19. The Bertz CT molecular complexity index is 1330. The van der Waals surface area contributed by atoms with Crippen LogP contribution in [0.2, 0.25) is 0 Å². The molecule has 8 heteroatoms. The van der Waals surface area contributed by atoms with Crippen molar-refractivity contribution >= 4 is 38.8 Å². The van der Waals surface area contributed by atoms with Gasteiger partial charge in [0.2, 0.25) is 0 Å². The van der Waals surface area contributed by atoms with Gasteiger partial charge in [-0.05, 0) is 67.8 Å². The summed E-state index contributed by atoms with van der Waals surface area (Å²) in [5, 5.41) is 6.16. The molecule has 0 bridgehead atoms. The lowest BCUT2D eigenvalue weighted by atomic mass is 10.1. The Labute approximate surface area is 194 Å². The second-order valence-electron chi connectivity index (χ2n) is 7.94. The molecule has 1 aliphatic heterocycles. The molecule has 4 rings (SSSR count). The Balaban J connectivity index is 1.55. The largest absolute Gasteiger partial charge is 0.355 e. The zero-order chi connectivity index (χ0) is 23.4. The number of nitrogens with zero attached hydrogens (tertiary/aromatic N) is 1. The van der Waals surface area contributed by atoms with Crippen LogP contribution < -0.4 is 15.4 Å². The highest BCUT2D eigenvalue weighted by molar-refractivity contribution is 7.90. The van der Waals surface area contributed by atoms with E-state index in [2.05, 4.69) is 20.3 Å². The molecule has 0 fully saturated rings. The van der Waals surface area contributed by atoms with E-state index in [0.29, 0.717) is 35.7 Å². The highest BCUT2D eigenvalue weighted by atomic mass is 32.2. The van der Waals surface area contributed by atoms with E-state index in [0.717, 1.165) is 23.2 Å². The molecule has 0 radical (unpaired) electrons. The fraction of sp³-hybridized carbons (Fsp3) is 0.200. The predicted octanol–water partition coefficient (Wildman–Crippen LogP) is 4.77. The van der Waals surface area contributed by atoms with Crippen LogP contribution in [0.15, 0.2) is 76.6 Å². The van der Waals surface area contributed by atoms with Crippen molar-refractivity contribution in [1.82, 2.24) is 4.72 Å². The molecule has 0 aliphatic carbocycles. The number of amidine groups is 1. The van der Waals surface area contributed by atoms with Gasteiger partial charge in [0.05, 0.1) is 16.1 Å². The lowest BCUT2D eigenvalue weighted by Crippen LogP contribution is -2.29. The number of sulfonamides is 1. The molecular formula is C25H26N4O3S. The molecule has 1 heterocycles. The van der Waals surface area contributed by atoms with Gasteiger partial charge >= 0.3 is 0 Å². The van der Waals surface area contributed by atoms with Gasteiger partial charge < -0.3 is 10.6 Å². The van der Waals surface area contributed by atoms with Crippen LogP contribution in [-0.2, 0) is 10.0 Å². The number of anilines is 3. The molecule has 3 N–H and O–H groups in total. The molecule has 0 unspecified atom stereocenters. The Morgan fingerprint density at radius 3 is 2.48 bits per heavy atom. The first-order valence-electron chi connectivity index (χ1n) is 10.7. The highest BCUT2D eigenvalue weighted by Crippen LogP contribution is 2.26. The average molecular weight is 463 g/mol. The number of para-hydroxylation sites is 1. The summed E-state index contributed by atoms with van der Waals surface area (Å²) in [6.45, 7) is 4.69. The van der Waals surface area contributed by atoms with Crippen LogP contribution in [0.5, 0.6) is 0 Å². The number of aryl methyl sites for hydroxylation is 1. The zero-order valence-electron chi connectivity index (χ0n) is 18.6. The summed E-state index contributed by atoms with van der Waals surface area (Å²) in [5.41, 5.74) is 4.67. The summed E-state index contributed by atoms with van der Waals surface area (Å²) < 4.78 is 27.9. The number of benzene rings is 3. The van der Waals surface area contributed by atoms with Crippen molar-refractivity contribution in [3.8, 4) is 0 Å². The molecule has 1 amide bonds. The van der Waals surface area contributed by atoms with E-state index in [4.69, 9.17) is 0 Å². The second kappa shape index (κ2) is 9.46. The van der Waals surface area contributed by atoms with Crippen LogP contribution in [0, 0.1) is 13.8 Å². The van der Waals surface area contributed by atoms with Gasteiger partial charge in [0.1, 0.15) is 5.84 Å². The minimum Gasteiger partial charge on any atom is -0.355 e. The van der Waals surface area contributed by atoms with Crippen molar-refractivity contribution in [3.05, 3.63) is 83.4 Å². The molecular weight excluding hydrogens is 436 g/mol. The minimum absolute atomic E-state index is 0.0664. The van der Waals surface area contributed by atoms with Gasteiger partial charge in [0, 0.05) is 24.3 Å². The molecule has 0 aromatic heterocycles. The van der Waals surface area contributed by atoms with E-state index in [1.54, 1.807) is 24.3 Å². The first-order valence-corrected chi connectivity index (χ1v) is 12.2. The van der Waals surface area contributed by atoms with Gasteiger partial charge in [0.15, 0.2) is 0 Å². The molecule has 0 atom stereocenters. The van der Waals surface area contributed by atoms with Gasteiger partial charge in [-0.15, -0.1) is 0 Å². The first kappa shape index (κ1) is 22.5. The molecule has 0 saturated heterocycles. The van der Waals surface area contributed by atoms with Crippen molar-refractivity contribution in [2.24, 2.45) is 4.99 Å². The van der Waals surface area contributed by atoms with Crippen LogP contribution >= 0.6 is 0 Å². The zero-order valence-corrected chi connectivity index (χ0v) is 19.4. The molecule has 0 saturated carbocycles. The summed E-state index contributed by atoms with van der Waals surface area (Å²) in [7, 11) is -3.77. The number of hydrogen-bond acceptors (Lipinski definition) is 5. The van der Waals surface area contributed by atoms with E-state index in [1.165, 1.54) is 12.1 Å². The van der Waals surface area contributed by atoms with E-state index >= 15 is 0 Å². The fourth-order valence-electron chi connectivity index (χ4n) is 3.60. The lowest BCUT2D eigenvalue weighted by molar-refractivity contribution is 0.102. The number of carbonyl (C=O) groups excluding carboxylic acids is 1. The number of hydrogen-bond donors (Lipinski definition) is 3. The van der Waals surface area contributed by atoms with Crippen molar-refractivity contribution in [2.75, 3.05) is 17.2 Å². The smallest absolute Gasteiger partial charge is 0.262 e. The standard InChI is InChI=1S/C25H26N4O3S/c1-17-8-5-13-22(18(17)2)28-23-12-4-3-11-21(23)25(30)27-19-9-6-10-20(16-19)33(31,32)29-24-14-7-15-26-24/h3-6,8-13,16,28H,7,14-15H2,1-2H3,(H,26,29)(H,27,30). The molecule has 7 nitrogen and oxygen atoms in total. The molecule has 3 aromatic rings. The summed E-state index contributed by atoms with van der Waals surface area (Å²) in [4.78, 5) is 17.3. The summed E-state index contributed by atoms with van der Waals surface area (Å²) in [6.07, 6.45) is 1.45. The molecule has 0 spiro atoms. The molecule has 3 aromatic carbocycles. The Morgan fingerprint density at radius 2 is 1.70 bits per heavy atom. The maximum absolute atomic E-state index is 13.1. The van der Waals surface area contributed by atoms with E-state index in [-0.39, 0.29) is 10.8 Å². The van der Waals surface area contributed by atoms with Crippen LogP contribution in [0.1, 0.15) is 34.3 Å². The molecule has 33 heavy (non-hydrogen) atoms. The van der Waals surface area contributed by atoms with E-state index in [1.807, 2.05) is 44.2 Å². The normalized spacial score (nSPS) is 13.3. The predicted molar refractivity (Wildman–Crippen MR) is 132 cm³/mol. The Morgan fingerprint density at radius 1 is 0.939 bits per heavy atom. The number of amides is 1. The lowest BCUT2D eigenvalue weighted by Gasteiger charge is -2.15. The van der Waals surface area contributed by atoms with Crippen molar-refractivity contribution in [3.63, 3.8) is 0 Å². The second-order valence-corrected chi connectivity index (χ2v) is 9.62. The molecule has 1 aliphatic rings. The van der Waals surface area contributed by atoms with Crippen LogP contribution in [0.4, 0.5) is 17.1 Å². The number of carbonyl (C=O) groups is 1. The third kappa shape index (κ3) is 5.23. The first-order chi connectivity index (χ1) is 15.8. The number of aliphatic imine (C=N–C) groups is 1. The maximum atomic E-state index is 13.1. The van der Waals surface area contributed by atoms with Crippen LogP contribution in [0.3, 0.4) is 0 Å². The SMILES string of the molecule is Cc1cccc(Nc2ccccc2C(=O)Nc2cccc(S(=O)(=O)NC3=NCCC3)c2)c1C. The monoisotopic (exact) mass is 462 g/mol. The minimum atomic E-state index is -3.77. The van der Waals surface area contributed by atoms with Gasteiger partial charge in [-0.25, -0.2) is 8.42 Å². The van der Waals surface area contributed by atoms with Crippen molar-refractivity contribution < 1.29 is 13.2 Å². The van der Waals surface area contributed by atoms with E-state index < -0.39 is 10.0 Å². The Kier molecular flexibility index (Phi) is 6.46. The quantitative estimate of drug-likeness (QED) is 0.491. The van der Waals surface area contributed by atoms with E-state index in [9.17, 15) is 13.2 Å². The third-order valence-electron chi connectivity index (χ3n) is 5.57. The summed E-state index contributed by atoms with van der Waals surface area (Å²) in [6, 6.07) is 19.4. The van der Waals surface area contributed by atoms with Gasteiger partial charge in [-0.2, -0.15) is 0 Å². The van der Waals surface area contributed by atoms with Crippen molar-refractivity contribution in [1.29, 1.82) is 0 Å². The topological polar surface area (TPSA) is 99.7 Å². The van der Waals surface area contributed by atoms with Gasteiger partial charge in [-0.3, -0.25) is 14.5 Å². The van der Waals surface area contributed by atoms with Crippen LogP contribution in [-0.4, -0.2) is 26.7 Å². The van der Waals surface area contributed by atoms with Crippen LogP contribution in [0.25, 0.3) is 0 Å². The summed E-state index contributed by atoms with van der Waals surface area (Å²) >= 11 is 0. The Hall–Kier alpha value is -3.65. The van der Waals surface area contributed by atoms with Gasteiger partial charge in [0.25, 0.3) is 15.9 Å². The van der Waals surface area contributed by atoms with Crippen molar-refractivity contribution in [2.45, 2.75) is 31.6 Å². The maximum Gasteiger partial charge on any atom is 0.262 e. The fourth-order valence-corrected chi connectivity index (χ4v) is 4.73. The number of rotatable bonds is 6. The number of nitrogens with one attached hydrogen (secondary N) is 3. The third-order valence-corrected chi connectivity index (χ3v) is 6.95.